The molecule has 0 aliphatic carbocycles. The standard InChI is InChI=1S/C13H8N2O2S/c16-13-9-5-1-3-7-11(9)18-12-8-4-2-6-10(12)15(13)14-17/h1-8H. The quantitative estimate of drug-likeness (QED) is 0.734. The summed E-state index contributed by atoms with van der Waals surface area (Å²) in [6, 6.07) is 14.4. The van der Waals surface area contributed by atoms with E-state index in [0.29, 0.717) is 11.3 Å². The lowest BCUT2D eigenvalue weighted by molar-refractivity contribution is 0.0984. The number of rotatable bonds is 1. The molecular weight excluding hydrogens is 248 g/mol. The van der Waals surface area contributed by atoms with Crippen LogP contribution in [-0.4, -0.2) is 5.91 Å². The highest BCUT2D eigenvalue weighted by Gasteiger charge is 2.27. The molecule has 1 amide bonds. The number of para-hydroxylation sites is 1. The minimum Gasteiger partial charge on any atom is -0.267 e. The lowest BCUT2D eigenvalue weighted by Gasteiger charge is -2.12. The summed E-state index contributed by atoms with van der Waals surface area (Å²) >= 11 is 1.46. The summed E-state index contributed by atoms with van der Waals surface area (Å²) in [6.07, 6.45) is 0. The Morgan fingerprint density at radius 3 is 2.39 bits per heavy atom. The van der Waals surface area contributed by atoms with Gasteiger partial charge in [-0.1, -0.05) is 36.0 Å². The predicted molar refractivity (Wildman–Crippen MR) is 69.6 cm³/mol. The van der Waals surface area contributed by atoms with Crippen LogP contribution in [-0.2, 0) is 0 Å². The molecule has 4 nitrogen and oxygen atoms in total. The van der Waals surface area contributed by atoms with Gasteiger partial charge in [-0.05, 0) is 24.3 Å². The zero-order valence-electron chi connectivity index (χ0n) is 9.24. The van der Waals surface area contributed by atoms with E-state index in [9.17, 15) is 9.70 Å². The van der Waals surface area contributed by atoms with Crippen molar-refractivity contribution in [3.05, 3.63) is 59.0 Å². The Kier molecular flexibility index (Phi) is 2.60. The molecule has 0 saturated heterocycles. The van der Waals surface area contributed by atoms with Gasteiger partial charge in [0.25, 0.3) is 5.91 Å². The number of nitrogens with zero attached hydrogens (tertiary/aromatic N) is 2. The van der Waals surface area contributed by atoms with Crippen molar-refractivity contribution < 1.29 is 4.79 Å². The summed E-state index contributed by atoms with van der Waals surface area (Å²) in [7, 11) is 0. The van der Waals surface area contributed by atoms with Gasteiger partial charge in [-0.3, -0.25) is 4.79 Å². The Morgan fingerprint density at radius 2 is 1.61 bits per heavy atom. The van der Waals surface area contributed by atoms with Crippen LogP contribution in [0.4, 0.5) is 5.69 Å². The smallest absolute Gasteiger partial charge is 0.267 e. The molecule has 3 rings (SSSR count). The van der Waals surface area contributed by atoms with E-state index in [0.717, 1.165) is 14.8 Å². The van der Waals surface area contributed by atoms with Crippen molar-refractivity contribution in [2.24, 2.45) is 5.29 Å². The Hall–Kier alpha value is -2.14. The Bertz CT molecular complexity index is 642. The van der Waals surface area contributed by atoms with Gasteiger partial charge in [-0.15, -0.1) is 4.91 Å². The van der Waals surface area contributed by atoms with Crippen LogP contribution in [0.2, 0.25) is 0 Å². The van der Waals surface area contributed by atoms with E-state index >= 15 is 0 Å². The Balaban J connectivity index is 2.26. The van der Waals surface area contributed by atoms with Gasteiger partial charge in [0.05, 0.1) is 16.5 Å². The molecular formula is C13H8N2O2S. The van der Waals surface area contributed by atoms with Gasteiger partial charge in [-0.25, -0.2) is 0 Å². The SMILES string of the molecule is O=NN1C(=O)c2ccccc2Sc2ccccc21. The van der Waals surface area contributed by atoms with Crippen LogP contribution < -0.4 is 5.01 Å². The number of amides is 1. The second kappa shape index (κ2) is 4.27. The van der Waals surface area contributed by atoms with Gasteiger partial charge in [0, 0.05) is 9.79 Å². The van der Waals surface area contributed by atoms with E-state index in [1.807, 2.05) is 24.3 Å². The summed E-state index contributed by atoms with van der Waals surface area (Å²) < 4.78 is 0. The molecule has 0 fully saturated rings. The van der Waals surface area contributed by atoms with Crippen molar-refractivity contribution in [1.82, 2.24) is 0 Å². The van der Waals surface area contributed by atoms with Gasteiger partial charge in [0.1, 0.15) is 0 Å². The van der Waals surface area contributed by atoms with Gasteiger partial charge < -0.3 is 0 Å². The maximum atomic E-state index is 12.2. The monoisotopic (exact) mass is 256 g/mol. The third-order valence-corrected chi connectivity index (χ3v) is 3.85. The van der Waals surface area contributed by atoms with Crippen molar-refractivity contribution >= 4 is 23.4 Å². The van der Waals surface area contributed by atoms with E-state index in [1.54, 1.807) is 24.3 Å². The van der Waals surface area contributed by atoms with Crippen LogP contribution in [0.25, 0.3) is 0 Å². The highest BCUT2D eigenvalue weighted by atomic mass is 32.2. The van der Waals surface area contributed by atoms with E-state index in [-0.39, 0.29) is 0 Å². The lowest BCUT2D eigenvalue weighted by atomic mass is 10.2. The molecule has 2 aromatic rings. The van der Waals surface area contributed by atoms with Gasteiger partial charge in [0.2, 0.25) is 0 Å². The van der Waals surface area contributed by atoms with Crippen molar-refractivity contribution in [3.63, 3.8) is 0 Å². The van der Waals surface area contributed by atoms with Gasteiger partial charge in [0.15, 0.2) is 0 Å². The molecule has 0 unspecified atom stereocenters. The van der Waals surface area contributed by atoms with Crippen LogP contribution in [0.5, 0.6) is 0 Å². The van der Waals surface area contributed by atoms with Crippen molar-refractivity contribution in [1.29, 1.82) is 0 Å². The molecule has 1 aliphatic rings. The molecule has 0 atom stereocenters. The average Bonchev–Trinajstić information content (AvgIpc) is 2.53. The second-order valence-corrected chi connectivity index (χ2v) is 4.85. The molecule has 88 valence electrons. The third-order valence-electron chi connectivity index (χ3n) is 2.70. The minimum absolute atomic E-state index is 0.391. The molecule has 1 heterocycles. The van der Waals surface area contributed by atoms with Crippen molar-refractivity contribution in [2.75, 3.05) is 5.01 Å². The van der Waals surface area contributed by atoms with E-state index in [4.69, 9.17) is 0 Å². The largest absolute Gasteiger partial charge is 0.282 e. The number of nitroso groups, excluding NO2 is 1. The molecule has 1 aliphatic heterocycles. The van der Waals surface area contributed by atoms with E-state index in [1.165, 1.54) is 11.8 Å². The lowest BCUT2D eigenvalue weighted by Crippen LogP contribution is -2.24. The fraction of sp³-hybridized carbons (Fsp3) is 0. The Morgan fingerprint density at radius 1 is 0.944 bits per heavy atom. The summed E-state index contributed by atoms with van der Waals surface area (Å²) in [5.41, 5.74) is 1.03. The normalized spacial score (nSPS) is 13.6. The predicted octanol–water partition coefficient (Wildman–Crippen LogP) is 3.48. The number of hydrogen-bond donors (Lipinski definition) is 0. The first-order chi connectivity index (χ1) is 8.81. The maximum Gasteiger partial charge on any atom is 0.282 e. The Labute approximate surface area is 108 Å². The molecule has 0 bridgehead atoms. The summed E-state index contributed by atoms with van der Waals surface area (Å²) in [5, 5.41) is 3.76. The maximum absolute atomic E-state index is 12.2. The summed E-state index contributed by atoms with van der Waals surface area (Å²) in [6.45, 7) is 0. The zero-order chi connectivity index (χ0) is 12.5. The molecule has 0 N–H and O–H groups in total. The van der Waals surface area contributed by atoms with Crippen LogP contribution in [0.15, 0.2) is 63.6 Å². The number of carbonyl (C=O) groups is 1. The molecule has 2 aromatic carbocycles. The molecule has 18 heavy (non-hydrogen) atoms. The number of fused-ring (bicyclic) bond motifs is 2. The number of benzene rings is 2. The highest BCUT2D eigenvalue weighted by Crippen LogP contribution is 2.40. The average molecular weight is 256 g/mol. The zero-order valence-corrected chi connectivity index (χ0v) is 10.1. The first kappa shape index (κ1) is 11.0. The molecule has 0 aromatic heterocycles. The van der Waals surface area contributed by atoms with Crippen molar-refractivity contribution in [3.8, 4) is 0 Å². The topological polar surface area (TPSA) is 49.7 Å². The first-order valence-electron chi connectivity index (χ1n) is 5.35. The van der Waals surface area contributed by atoms with E-state index < -0.39 is 5.91 Å². The van der Waals surface area contributed by atoms with Crippen LogP contribution >= 0.6 is 11.8 Å². The molecule has 0 saturated carbocycles. The molecule has 0 radical (unpaired) electrons. The van der Waals surface area contributed by atoms with E-state index in [2.05, 4.69) is 5.29 Å². The fourth-order valence-electron chi connectivity index (χ4n) is 1.87. The number of hydrogen-bond acceptors (Lipinski definition) is 4. The van der Waals surface area contributed by atoms with Gasteiger partial charge in [-0.2, -0.15) is 5.01 Å². The highest BCUT2D eigenvalue weighted by molar-refractivity contribution is 7.99. The summed E-state index contributed by atoms with van der Waals surface area (Å²) in [4.78, 5) is 24.9. The minimum atomic E-state index is -0.391. The van der Waals surface area contributed by atoms with Crippen LogP contribution in [0.1, 0.15) is 10.4 Å². The second-order valence-electron chi connectivity index (χ2n) is 3.76. The first-order valence-corrected chi connectivity index (χ1v) is 6.16. The molecule has 5 heteroatoms. The van der Waals surface area contributed by atoms with Crippen LogP contribution in [0.3, 0.4) is 0 Å². The summed E-state index contributed by atoms with van der Waals surface area (Å²) in [5.74, 6) is -0.391. The number of anilines is 1. The van der Waals surface area contributed by atoms with Crippen LogP contribution in [0, 0.1) is 4.91 Å². The third kappa shape index (κ3) is 1.60. The van der Waals surface area contributed by atoms with Crippen molar-refractivity contribution in [2.45, 2.75) is 9.79 Å². The fourth-order valence-corrected chi connectivity index (χ4v) is 2.93. The molecule has 0 spiro atoms. The number of carbonyl (C=O) groups excluding carboxylic acids is 1. The van der Waals surface area contributed by atoms with Gasteiger partial charge >= 0.3 is 0 Å².